The normalized spacial score (nSPS) is 10.3. The first-order valence-electron chi connectivity index (χ1n) is 6.42. The largest absolute Gasteiger partial charge is 0.457 e. The van der Waals surface area contributed by atoms with E-state index in [9.17, 15) is 4.79 Å². The topological polar surface area (TPSA) is 64.3 Å². The van der Waals surface area contributed by atoms with Crippen LogP contribution >= 0.6 is 0 Å². The lowest BCUT2D eigenvalue weighted by Crippen LogP contribution is -2.10. The molecule has 2 rings (SSSR count). The van der Waals surface area contributed by atoms with Gasteiger partial charge < -0.3 is 15.8 Å². The molecule has 20 heavy (non-hydrogen) atoms. The van der Waals surface area contributed by atoms with Gasteiger partial charge in [-0.05, 0) is 44.3 Å². The Morgan fingerprint density at radius 2 is 1.90 bits per heavy atom. The van der Waals surface area contributed by atoms with E-state index in [0.717, 1.165) is 17.9 Å². The van der Waals surface area contributed by atoms with Gasteiger partial charge in [0.2, 0.25) is 5.91 Å². The molecular formula is C16H18N2O2. The van der Waals surface area contributed by atoms with Gasteiger partial charge in [0.25, 0.3) is 0 Å². The fourth-order valence-corrected chi connectivity index (χ4v) is 1.95. The Morgan fingerprint density at radius 1 is 1.20 bits per heavy atom. The number of nitrogens with one attached hydrogen (secondary N) is 1. The van der Waals surface area contributed by atoms with Crippen LogP contribution < -0.4 is 15.8 Å². The van der Waals surface area contributed by atoms with Gasteiger partial charge in [-0.25, -0.2) is 0 Å². The summed E-state index contributed by atoms with van der Waals surface area (Å²) in [6.07, 6.45) is 0. The monoisotopic (exact) mass is 270 g/mol. The number of hydrogen-bond acceptors (Lipinski definition) is 3. The lowest BCUT2D eigenvalue weighted by Gasteiger charge is -2.12. The molecule has 104 valence electrons. The molecule has 0 aliphatic heterocycles. The quantitative estimate of drug-likeness (QED) is 0.877. The van der Waals surface area contributed by atoms with Crippen LogP contribution in [-0.2, 0) is 6.54 Å². The van der Waals surface area contributed by atoms with E-state index >= 15 is 0 Å². The molecule has 4 heteroatoms. The van der Waals surface area contributed by atoms with Gasteiger partial charge in [0.15, 0.2) is 0 Å². The number of carbonyl (C=O) groups is 1. The van der Waals surface area contributed by atoms with Crippen LogP contribution in [-0.4, -0.2) is 13.0 Å². The van der Waals surface area contributed by atoms with Crippen molar-refractivity contribution in [3.8, 4) is 11.5 Å². The molecule has 4 nitrogen and oxygen atoms in total. The van der Waals surface area contributed by atoms with E-state index in [4.69, 9.17) is 10.5 Å². The summed E-state index contributed by atoms with van der Waals surface area (Å²) in [7, 11) is 1.90. The molecule has 0 spiro atoms. The van der Waals surface area contributed by atoms with Gasteiger partial charge in [-0.15, -0.1) is 0 Å². The fraction of sp³-hybridized carbons (Fsp3) is 0.188. The van der Waals surface area contributed by atoms with E-state index in [2.05, 4.69) is 11.4 Å². The van der Waals surface area contributed by atoms with Crippen LogP contribution in [0, 0.1) is 6.92 Å². The van der Waals surface area contributed by atoms with Crippen molar-refractivity contribution in [1.82, 2.24) is 5.32 Å². The Balaban J connectivity index is 2.22. The van der Waals surface area contributed by atoms with Gasteiger partial charge in [0, 0.05) is 17.7 Å². The Kier molecular flexibility index (Phi) is 4.38. The number of amides is 1. The van der Waals surface area contributed by atoms with Gasteiger partial charge in [-0.3, -0.25) is 4.79 Å². The minimum absolute atomic E-state index is 0.442. The minimum atomic E-state index is -0.442. The fourth-order valence-electron chi connectivity index (χ4n) is 1.95. The van der Waals surface area contributed by atoms with Gasteiger partial charge in [-0.1, -0.05) is 17.7 Å². The number of primary amides is 1. The zero-order chi connectivity index (χ0) is 14.5. The molecule has 0 saturated heterocycles. The van der Waals surface area contributed by atoms with Crippen LogP contribution in [0.1, 0.15) is 21.5 Å². The van der Waals surface area contributed by atoms with Crippen LogP contribution in [0.25, 0.3) is 0 Å². The molecule has 0 aliphatic carbocycles. The zero-order valence-electron chi connectivity index (χ0n) is 11.6. The van der Waals surface area contributed by atoms with Crippen molar-refractivity contribution >= 4 is 5.91 Å². The number of rotatable bonds is 5. The summed E-state index contributed by atoms with van der Waals surface area (Å²) in [5.74, 6) is 1.04. The van der Waals surface area contributed by atoms with Crippen LogP contribution in [0.5, 0.6) is 11.5 Å². The highest BCUT2D eigenvalue weighted by Gasteiger charge is 2.06. The second-order valence-electron chi connectivity index (χ2n) is 4.63. The molecule has 0 bridgehead atoms. The van der Waals surface area contributed by atoms with E-state index in [0.29, 0.717) is 11.3 Å². The maximum absolute atomic E-state index is 11.0. The SMILES string of the molecule is CNCc1cc(C)ccc1Oc1ccc(C(N)=O)cc1. The van der Waals surface area contributed by atoms with E-state index in [1.165, 1.54) is 5.56 Å². The van der Waals surface area contributed by atoms with Gasteiger partial charge in [-0.2, -0.15) is 0 Å². The molecule has 0 atom stereocenters. The first kappa shape index (κ1) is 14.1. The first-order chi connectivity index (χ1) is 9.60. The smallest absolute Gasteiger partial charge is 0.248 e. The minimum Gasteiger partial charge on any atom is -0.457 e. The molecule has 0 unspecified atom stereocenters. The highest BCUT2D eigenvalue weighted by molar-refractivity contribution is 5.92. The van der Waals surface area contributed by atoms with E-state index in [1.54, 1.807) is 24.3 Å². The number of benzene rings is 2. The standard InChI is InChI=1S/C16H18N2O2/c1-11-3-8-15(13(9-11)10-18-2)20-14-6-4-12(5-7-14)16(17)19/h3-9,18H,10H2,1-2H3,(H2,17,19). The first-order valence-corrected chi connectivity index (χ1v) is 6.42. The molecule has 0 saturated carbocycles. The summed E-state index contributed by atoms with van der Waals surface area (Å²) >= 11 is 0. The third-order valence-corrected chi connectivity index (χ3v) is 2.95. The van der Waals surface area contributed by atoms with Crippen LogP contribution in [0.4, 0.5) is 0 Å². The predicted octanol–water partition coefficient (Wildman–Crippen LogP) is 2.61. The molecule has 3 N–H and O–H groups in total. The average molecular weight is 270 g/mol. The van der Waals surface area contributed by atoms with Crippen LogP contribution in [0.3, 0.4) is 0 Å². The molecule has 0 aliphatic rings. The summed E-state index contributed by atoms with van der Waals surface area (Å²) in [5, 5.41) is 3.12. The molecule has 2 aromatic carbocycles. The highest BCUT2D eigenvalue weighted by Crippen LogP contribution is 2.26. The Labute approximate surface area is 118 Å². The molecule has 0 fully saturated rings. The third-order valence-electron chi connectivity index (χ3n) is 2.95. The number of ether oxygens (including phenoxy) is 1. The Morgan fingerprint density at radius 3 is 2.50 bits per heavy atom. The summed E-state index contributed by atoms with van der Waals surface area (Å²) in [4.78, 5) is 11.0. The van der Waals surface area contributed by atoms with E-state index < -0.39 is 5.91 Å². The molecule has 0 radical (unpaired) electrons. The van der Waals surface area contributed by atoms with E-state index in [-0.39, 0.29) is 0 Å². The summed E-state index contributed by atoms with van der Waals surface area (Å²) < 4.78 is 5.86. The molecular weight excluding hydrogens is 252 g/mol. The Hall–Kier alpha value is -2.33. The van der Waals surface area contributed by atoms with Crippen molar-refractivity contribution in [1.29, 1.82) is 0 Å². The maximum atomic E-state index is 11.0. The summed E-state index contributed by atoms with van der Waals surface area (Å²) in [6, 6.07) is 12.8. The average Bonchev–Trinajstić information content (AvgIpc) is 2.43. The lowest BCUT2D eigenvalue weighted by molar-refractivity contribution is 0.100. The zero-order valence-corrected chi connectivity index (χ0v) is 11.6. The van der Waals surface area contributed by atoms with Crippen LogP contribution in [0.2, 0.25) is 0 Å². The second kappa shape index (κ2) is 6.21. The van der Waals surface area contributed by atoms with Crippen molar-refractivity contribution in [2.45, 2.75) is 13.5 Å². The van der Waals surface area contributed by atoms with Crippen molar-refractivity contribution in [3.63, 3.8) is 0 Å². The second-order valence-corrected chi connectivity index (χ2v) is 4.63. The van der Waals surface area contributed by atoms with Crippen LogP contribution in [0.15, 0.2) is 42.5 Å². The number of aryl methyl sites for hydroxylation is 1. The maximum Gasteiger partial charge on any atom is 0.248 e. The summed E-state index contributed by atoms with van der Waals surface area (Å²) in [6.45, 7) is 2.78. The van der Waals surface area contributed by atoms with Gasteiger partial charge >= 0.3 is 0 Å². The van der Waals surface area contributed by atoms with Crippen molar-refractivity contribution in [2.24, 2.45) is 5.73 Å². The summed E-state index contributed by atoms with van der Waals surface area (Å²) in [5.41, 5.74) is 7.95. The van der Waals surface area contributed by atoms with Crippen molar-refractivity contribution < 1.29 is 9.53 Å². The molecule has 1 amide bonds. The van der Waals surface area contributed by atoms with Gasteiger partial charge in [0.1, 0.15) is 11.5 Å². The third kappa shape index (κ3) is 3.36. The molecule has 0 heterocycles. The molecule has 2 aromatic rings. The van der Waals surface area contributed by atoms with E-state index in [1.807, 2.05) is 26.1 Å². The number of carbonyl (C=O) groups excluding carboxylic acids is 1. The van der Waals surface area contributed by atoms with Gasteiger partial charge in [0.05, 0.1) is 0 Å². The molecule has 0 aromatic heterocycles. The van der Waals surface area contributed by atoms with Crippen molar-refractivity contribution in [3.05, 3.63) is 59.2 Å². The highest BCUT2D eigenvalue weighted by atomic mass is 16.5. The number of hydrogen-bond donors (Lipinski definition) is 2. The lowest BCUT2D eigenvalue weighted by atomic mass is 10.1. The van der Waals surface area contributed by atoms with Crippen molar-refractivity contribution in [2.75, 3.05) is 7.05 Å². The predicted molar refractivity (Wildman–Crippen MR) is 79.0 cm³/mol. The number of nitrogens with two attached hydrogens (primary N) is 1. The Bertz CT molecular complexity index is 606.